The van der Waals surface area contributed by atoms with Crippen molar-refractivity contribution in [1.29, 1.82) is 0 Å². The van der Waals surface area contributed by atoms with Gasteiger partial charge in [0.1, 0.15) is 17.1 Å². The van der Waals surface area contributed by atoms with Gasteiger partial charge in [0.2, 0.25) is 0 Å². The fourth-order valence-corrected chi connectivity index (χ4v) is 3.46. The summed E-state index contributed by atoms with van der Waals surface area (Å²) < 4.78 is 11.2. The predicted molar refractivity (Wildman–Crippen MR) is 80.8 cm³/mol. The second-order valence-corrected chi connectivity index (χ2v) is 6.58. The number of amides is 1. The van der Waals surface area contributed by atoms with Crippen molar-refractivity contribution < 1.29 is 19.4 Å². The first-order chi connectivity index (χ1) is 9.98. The first-order valence-electron chi connectivity index (χ1n) is 6.91. The molecule has 0 bridgehead atoms. The normalized spacial score (nSPS) is 19.9. The molecular weight excluding hydrogens is 338 g/mol. The van der Waals surface area contributed by atoms with Crippen LogP contribution in [0, 0.1) is 5.92 Å². The van der Waals surface area contributed by atoms with E-state index in [2.05, 4.69) is 15.9 Å². The Balaban J connectivity index is 1.83. The molecule has 0 aromatic heterocycles. The summed E-state index contributed by atoms with van der Waals surface area (Å²) in [6.45, 7) is 0.795. The molecule has 1 amide bonds. The molecule has 1 aliphatic carbocycles. The van der Waals surface area contributed by atoms with Crippen LogP contribution in [0.2, 0.25) is 0 Å². The van der Waals surface area contributed by atoms with Crippen molar-refractivity contribution in [1.82, 2.24) is 4.90 Å². The molecule has 2 fully saturated rings. The number of ether oxygens (including phenoxy) is 2. The van der Waals surface area contributed by atoms with Crippen LogP contribution in [-0.4, -0.2) is 48.8 Å². The number of rotatable bonds is 4. The van der Waals surface area contributed by atoms with Gasteiger partial charge >= 0.3 is 0 Å². The highest BCUT2D eigenvalue weighted by atomic mass is 79.9. The number of benzene rings is 1. The van der Waals surface area contributed by atoms with Gasteiger partial charge in [-0.15, -0.1) is 0 Å². The Hall–Kier alpha value is -1.27. The molecule has 21 heavy (non-hydrogen) atoms. The summed E-state index contributed by atoms with van der Waals surface area (Å²) in [6, 6.07) is 3.42. The van der Waals surface area contributed by atoms with Crippen molar-refractivity contribution >= 4 is 21.8 Å². The zero-order valence-electron chi connectivity index (χ0n) is 12.1. The molecule has 5 nitrogen and oxygen atoms in total. The number of β-amino-alcohol motifs (C(OH)–C–C–N with tert-alkyl or cyclic N) is 1. The van der Waals surface area contributed by atoms with Crippen LogP contribution >= 0.6 is 15.9 Å². The molecule has 0 unspecified atom stereocenters. The molecule has 1 heterocycles. The first kappa shape index (κ1) is 14.7. The van der Waals surface area contributed by atoms with Crippen LogP contribution in [0.15, 0.2) is 16.6 Å². The summed E-state index contributed by atoms with van der Waals surface area (Å²) in [7, 11) is 3.08. The molecule has 1 aliphatic heterocycles. The van der Waals surface area contributed by atoms with E-state index in [0.29, 0.717) is 40.5 Å². The minimum Gasteiger partial charge on any atom is -0.497 e. The highest BCUT2D eigenvalue weighted by molar-refractivity contribution is 9.10. The lowest BCUT2D eigenvalue weighted by Gasteiger charge is -2.47. The Morgan fingerprint density at radius 1 is 1.33 bits per heavy atom. The number of aliphatic hydroxyl groups is 1. The van der Waals surface area contributed by atoms with E-state index in [1.807, 2.05) is 0 Å². The van der Waals surface area contributed by atoms with Gasteiger partial charge in [0.15, 0.2) is 0 Å². The Morgan fingerprint density at radius 2 is 2.00 bits per heavy atom. The number of carbonyl (C=O) groups is 1. The summed E-state index contributed by atoms with van der Waals surface area (Å²) in [5.41, 5.74) is -0.236. The maximum absolute atomic E-state index is 12.6. The molecule has 0 spiro atoms. The maximum atomic E-state index is 12.6. The molecule has 1 saturated carbocycles. The third-order valence-electron chi connectivity index (χ3n) is 4.24. The van der Waals surface area contributed by atoms with Crippen molar-refractivity contribution in [2.45, 2.75) is 18.4 Å². The second-order valence-electron chi connectivity index (χ2n) is 5.73. The number of nitrogens with zero attached hydrogens (tertiary/aromatic N) is 1. The quantitative estimate of drug-likeness (QED) is 0.897. The van der Waals surface area contributed by atoms with E-state index >= 15 is 0 Å². The number of carbonyl (C=O) groups excluding carboxylic acids is 1. The maximum Gasteiger partial charge on any atom is 0.258 e. The summed E-state index contributed by atoms with van der Waals surface area (Å²) in [6.07, 6.45) is 2.12. The Labute approximate surface area is 132 Å². The summed E-state index contributed by atoms with van der Waals surface area (Å²) >= 11 is 3.39. The lowest BCUT2D eigenvalue weighted by molar-refractivity contribution is -0.0958. The van der Waals surface area contributed by atoms with Crippen LogP contribution < -0.4 is 9.47 Å². The van der Waals surface area contributed by atoms with Gasteiger partial charge in [-0.2, -0.15) is 0 Å². The largest absolute Gasteiger partial charge is 0.497 e. The summed E-state index contributed by atoms with van der Waals surface area (Å²) in [5, 5.41) is 10.3. The third-order valence-corrected chi connectivity index (χ3v) is 4.83. The zero-order valence-corrected chi connectivity index (χ0v) is 13.6. The summed E-state index contributed by atoms with van der Waals surface area (Å²) in [4.78, 5) is 14.3. The van der Waals surface area contributed by atoms with E-state index in [1.54, 1.807) is 24.1 Å². The van der Waals surface area contributed by atoms with Crippen molar-refractivity contribution in [2.24, 2.45) is 5.92 Å². The smallest absolute Gasteiger partial charge is 0.258 e. The van der Waals surface area contributed by atoms with Crippen molar-refractivity contribution in [2.75, 3.05) is 27.3 Å². The van der Waals surface area contributed by atoms with E-state index in [-0.39, 0.29) is 5.91 Å². The van der Waals surface area contributed by atoms with Gasteiger partial charge in [-0.3, -0.25) is 4.79 Å². The number of methoxy groups -OCH3 is 2. The highest BCUT2D eigenvalue weighted by Crippen LogP contribution is 2.45. The van der Waals surface area contributed by atoms with Gasteiger partial charge in [0, 0.05) is 0 Å². The van der Waals surface area contributed by atoms with E-state index in [0.717, 1.165) is 12.8 Å². The average Bonchev–Trinajstić information content (AvgIpc) is 3.27. The van der Waals surface area contributed by atoms with E-state index in [1.165, 1.54) is 7.11 Å². The van der Waals surface area contributed by atoms with E-state index in [9.17, 15) is 9.90 Å². The SMILES string of the molecule is COc1cc(Br)c(OC)c(C(=O)N2CC(O)(C3CC3)C2)c1. The predicted octanol–water partition coefficient (Wildman–Crippen LogP) is 2.06. The number of halogens is 1. The van der Waals surface area contributed by atoms with Crippen molar-refractivity contribution in [3.63, 3.8) is 0 Å². The third kappa shape index (κ3) is 2.51. The molecule has 3 rings (SSSR count). The summed E-state index contributed by atoms with van der Waals surface area (Å²) in [5.74, 6) is 1.30. The van der Waals surface area contributed by atoms with Crippen LogP contribution in [0.1, 0.15) is 23.2 Å². The van der Waals surface area contributed by atoms with Crippen LogP contribution in [0.3, 0.4) is 0 Å². The second kappa shape index (κ2) is 5.18. The molecule has 1 aromatic rings. The van der Waals surface area contributed by atoms with Crippen LogP contribution in [0.25, 0.3) is 0 Å². The number of likely N-dealkylation sites (tertiary alicyclic amines) is 1. The topological polar surface area (TPSA) is 59.0 Å². The number of hydrogen-bond acceptors (Lipinski definition) is 4. The minimum atomic E-state index is -0.682. The average molecular weight is 356 g/mol. The fourth-order valence-electron chi connectivity index (χ4n) is 2.86. The fraction of sp³-hybridized carbons (Fsp3) is 0.533. The van der Waals surface area contributed by atoms with Crippen LogP contribution in [0.4, 0.5) is 0 Å². The molecule has 1 saturated heterocycles. The monoisotopic (exact) mass is 355 g/mol. The molecular formula is C15H18BrNO4. The first-order valence-corrected chi connectivity index (χ1v) is 7.71. The van der Waals surface area contributed by atoms with Gasteiger partial charge in [-0.1, -0.05) is 0 Å². The van der Waals surface area contributed by atoms with Gasteiger partial charge in [0.25, 0.3) is 5.91 Å². The standard InChI is InChI=1S/C15H18BrNO4/c1-20-10-5-11(13(21-2)12(16)6-10)14(18)17-7-15(19,8-17)9-3-4-9/h5-6,9,19H,3-4,7-8H2,1-2H3. The van der Waals surface area contributed by atoms with E-state index < -0.39 is 5.60 Å². The van der Waals surface area contributed by atoms with Gasteiger partial charge in [-0.05, 0) is 46.8 Å². The molecule has 2 aliphatic rings. The highest BCUT2D eigenvalue weighted by Gasteiger charge is 2.53. The van der Waals surface area contributed by atoms with Crippen molar-refractivity contribution in [3.8, 4) is 11.5 Å². The Kier molecular flexibility index (Phi) is 3.61. The van der Waals surface area contributed by atoms with Gasteiger partial charge < -0.3 is 19.5 Å². The van der Waals surface area contributed by atoms with Gasteiger partial charge in [0.05, 0.1) is 37.3 Å². The molecule has 1 aromatic carbocycles. The van der Waals surface area contributed by atoms with Gasteiger partial charge in [-0.25, -0.2) is 0 Å². The lowest BCUT2D eigenvalue weighted by atomic mass is 9.88. The van der Waals surface area contributed by atoms with E-state index in [4.69, 9.17) is 9.47 Å². The number of hydrogen-bond donors (Lipinski definition) is 1. The Morgan fingerprint density at radius 3 is 2.52 bits per heavy atom. The van der Waals surface area contributed by atoms with Crippen LogP contribution in [-0.2, 0) is 0 Å². The Bertz CT molecular complexity index is 579. The molecule has 6 heteroatoms. The minimum absolute atomic E-state index is 0.142. The zero-order chi connectivity index (χ0) is 15.2. The molecule has 0 atom stereocenters. The lowest BCUT2D eigenvalue weighted by Crippen LogP contribution is -2.64. The molecule has 114 valence electrons. The van der Waals surface area contributed by atoms with Crippen molar-refractivity contribution in [3.05, 3.63) is 22.2 Å². The molecule has 1 N–H and O–H groups in total. The molecule has 0 radical (unpaired) electrons. The van der Waals surface area contributed by atoms with Crippen LogP contribution in [0.5, 0.6) is 11.5 Å².